The standard InChI is InChI=1S/C18H38N4O2/c1-5-11-21(12-6-2)15-16-22(13-9-17(23)19-7-3)14-10-18(24)20-8-4/h5-16H2,1-4H3,(H,19,23)(H,20,24). The van der Waals surface area contributed by atoms with Crippen LogP contribution in [-0.2, 0) is 9.59 Å². The molecule has 0 spiro atoms. The minimum atomic E-state index is 0.0829. The van der Waals surface area contributed by atoms with Crippen LogP contribution in [0.5, 0.6) is 0 Å². The Morgan fingerprint density at radius 3 is 1.33 bits per heavy atom. The molecular formula is C18H38N4O2. The van der Waals surface area contributed by atoms with Gasteiger partial charge in [-0.25, -0.2) is 0 Å². The van der Waals surface area contributed by atoms with Crippen LogP contribution in [0.2, 0.25) is 0 Å². The van der Waals surface area contributed by atoms with E-state index in [1.807, 2.05) is 13.8 Å². The summed E-state index contributed by atoms with van der Waals surface area (Å²) in [7, 11) is 0. The molecule has 0 aliphatic rings. The van der Waals surface area contributed by atoms with E-state index in [9.17, 15) is 9.59 Å². The van der Waals surface area contributed by atoms with Crippen molar-refractivity contribution in [3.05, 3.63) is 0 Å². The second kappa shape index (κ2) is 15.4. The van der Waals surface area contributed by atoms with Crippen LogP contribution in [-0.4, -0.2) is 74.0 Å². The average molecular weight is 343 g/mol. The van der Waals surface area contributed by atoms with Crippen molar-refractivity contribution in [1.82, 2.24) is 20.4 Å². The minimum absolute atomic E-state index is 0.0829. The largest absolute Gasteiger partial charge is 0.356 e. The second-order valence-electron chi connectivity index (χ2n) is 6.09. The van der Waals surface area contributed by atoms with Gasteiger partial charge in [-0.3, -0.25) is 9.59 Å². The number of hydrogen-bond acceptors (Lipinski definition) is 4. The Labute approximate surface area is 148 Å². The van der Waals surface area contributed by atoms with Crippen LogP contribution in [0.25, 0.3) is 0 Å². The number of hydrogen-bond donors (Lipinski definition) is 2. The molecule has 0 aliphatic heterocycles. The van der Waals surface area contributed by atoms with Crippen LogP contribution in [0, 0.1) is 0 Å². The molecule has 0 aromatic rings. The lowest BCUT2D eigenvalue weighted by molar-refractivity contribution is -0.121. The second-order valence-corrected chi connectivity index (χ2v) is 6.09. The molecule has 0 saturated heterocycles. The molecule has 0 aromatic heterocycles. The highest BCUT2D eigenvalue weighted by molar-refractivity contribution is 5.76. The molecule has 0 aromatic carbocycles. The first-order valence-corrected chi connectivity index (χ1v) is 9.55. The topological polar surface area (TPSA) is 64.7 Å². The van der Waals surface area contributed by atoms with Gasteiger partial charge in [0.2, 0.25) is 11.8 Å². The van der Waals surface area contributed by atoms with Gasteiger partial charge in [-0.1, -0.05) is 13.8 Å². The lowest BCUT2D eigenvalue weighted by atomic mass is 10.3. The summed E-state index contributed by atoms with van der Waals surface area (Å²) in [6, 6.07) is 0. The van der Waals surface area contributed by atoms with E-state index in [-0.39, 0.29) is 11.8 Å². The van der Waals surface area contributed by atoms with Crippen molar-refractivity contribution in [2.24, 2.45) is 0 Å². The first-order valence-electron chi connectivity index (χ1n) is 9.55. The third kappa shape index (κ3) is 12.3. The van der Waals surface area contributed by atoms with E-state index >= 15 is 0 Å². The fourth-order valence-electron chi connectivity index (χ4n) is 2.68. The number of nitrogens with one attached hydrogen (secondary N) is 2. The SMILES string of the molecule is CCCN(CCC)CCN(CCC(=O)NCC)CCC(=O)NCC. The van der Waals surface area contributed by atoms with Crippen LogP contribution in [0.15, 0.2) is 0 Å². The highest BCUT2D eigenvalue weighted by Crippen LogP contribution is 2.00. The number of amides is 2. The van der Waals surface area contributed by atoms with Gasteiger partial charge in [0.05, 0.1) is 0 Å². The predicted molar refractivity (Wildman–Crippen MR) is 100 cm³/mol. The first kappa shape index (κ1) is 22.9. The maximum absolute atomic E-state index is 11.7. The zero-order chi connectivity index (χ0) is 18.2. The molecule has 0 saturated carbocycles. The first-order chi connectivity index (χ1) is 11.6. The highest BCUT2D eigenvalue weighted by atomic mass is 16.2. The molecule has 0 heterocycles. The fraction of sp³-hybridized carbons (Fsp3) is 0.889. The molecule has 6 heteroatoms. The normalized spacial score (nSPS) is 11.1. The third-order valence-electron chi connectivity index (χ3n) is 3.87. The summed E-state index contributed by atoms with van der Waals surface area (Å²) in [5.41, 5.74) is 0. The monoisotopic (exact) mass is 342 g/mol. The Bertz CT molecular complexity index is 309. The van der Waals surface area contributed by atoms with Crippen molar-refractivity contribution in [1.29, 1.82) is 0 Å². The molecule has 2 N–H and O–H groups in total. The Morgan fingerprint density at radius 1 is 0.625 bits per heavy atom. The summed E-state index contributed by atoms with van der Waals surface area (Å²) < 4.78 is 0. The van der Waals surface area contributed by atoms with Crippen molar-refractivity contribution in [3.8, 4) is 0 Å². The molecule has 6 nitrogen and oxygen atoms in total. The summed E-state index contributed by atoms with van der Waals surface area (Å²) in [5.74, 6) is 0.166. The van der Waals surface area contributed by atoms with E-state index in [0.29, 0.717) is 39.0 Å². The molecule has 0 fully saturated rings. The molecule has 0 aliphatic carbocycles. The zero-order valence-corrected chi connectivity index (χ0v) is 16.2. The number of nitrogens with zero attached hydrogens (tertiary/aromatic N) is 2. The van der Waals surface area contributed by atoms with Crippen molar-refractivity contribution in [2.45, 2.75) is 53.4 Å². The number of rotatable bonds is 15. The van der Waals surface area contributed by atoms with Crippen LogP contribution < -0.4 is 10.6 Å². The van der Waals surface area contributed by atoms with Gasteiger partial charge in [0, 0.05) is 52.1 Å². The molecular weight excluding hydrogens is 304 g/mol. The maximum Gasteiger partial charge on any atom is 0.221 e. The third-order valence-corrected chi connectivity index (χ3v) is 3.87. The van der Waals surface area contributed by atoms with Gasteiger partial charge < -0.3 is 20.4 Å². The summed E-state index contributed by atoms with van der Waals surface area (Å²) in [5, 5.41) is 5.67. The fourth-order valence-corrected chi connectivity index (χ4v) is 2.68. The molecule has 0 unspecified atom stereocenters. The molecule has 0 radical (unpaired) electrons. The maximum atomic E-state index is 11.7. The number of carbonyl (C=O) groups excluding carboxylic acids is 2. The van der Waals surface area contributed by atoms with Crippen molar-refractivity contribution >= 4 is 11.8 Å². The van der Waals surface area contributed by atoms with Gasteiger partial charge in [-0.2, -0.15) is 0 Å². The van der Waals surface area contributed by atoms with Crippen molar-refractivity contribution in [2.75, 3.05) is 52.4 Å². The van der Waals surface area contributed by atoms with Gasteiger partial charge in [0.15, 0.2) is 0 Å². The van der Waals surface area contributed by atoms with E-state index in [0.717, 1.165) is 39.0 Å². The predicted octanol–water partition coefficient (Wildman–Crippen LogP) is 1.46. The quantitative estimate of drug-likeness (QED) is 0.473. The van der Waals surface area contributed by atoms with E-state index < -0.39 is 0 Å². The van der Waals surface area contributed by atoms with E-state index in [1.54, 1.807) is 0 Å². The molecule has 0 atom stereocenters. The van der Waals surface area contributed by atoms with Gasteiger partial charge in [-0.15, -0.1) is 0 Å². The minimum Gasteiger partial charge on any atom is -0.356 e. The van der Waals surface area contributed by atoms with Crippen LogP contribution in [0.3, 0.4) is 0 Å². The van der Waals surface area contributed by atoms with E-state index in [4.69, 9.17) is 0 Å². The number of carbonyl (C=O) groups is 2. The van der Waals surface area contributed by atoms with Crippen LogP contribution in [0.4, 0.5) is 0 Å². The zero-order valence-electron chi connectivity index (χ0n) is 16.2. The lowest BCUT2D eigenvalue weighted by Gasteiger charge is -2.27. The Kier molecular flexibility index (Phi) is 14.7. The molecule has 0 bridgehead atoms. The molecule has 0 rings (SSSR count). The molecule has 24 heavy (non-hydrogen) atoms. The highest BCUT2D eigenvalue weighted by Gasteiger charge is 2.12. The average Bonchev–Trinajstić information content (AvgIpc) is 2.55. The van der Waals surface area contributed by atoms with Gasteiger partial charge >= 0.3 is 0 Å². The Balaban J connectivity index is 4.42. The van der Waals surface area contributed by atoms with Gasteiger partial charge in [0.1, 0.15) is 0 Å². The lowest BCUT2D eigenvalue weighted by Crippen LogP contribution is -2.39. The van der Waals surface area contributed by atoms with Gasteiger partial charge in [0.25, 0.3) is 0 Å². The molecule has 142 valence electrons. The summed E-state index contributed by atoms with van der Waals surface area (Å²) in [6.07, 6.45) is 3.28. The Morgan fingerprint density at radius 2 is 1.00 bits per heavy atom. The summed E-state index contributed by atoms with van der Waals surface area (Å²) >= 11 is 0. The van der Waals surface area contributed by atoms with Crippen molar-refractivity contribution < 1.29 is 9.59 Å². The molecule has 2 amide bonds. The Hall–Kier alpha value is -1.14. The van der Waals surface area contributed by atoms with E-state index in [2.05, 4.69) is 34.3 Å². The van der Waals surface area contributed by atoms with Gasteiger partial charge in [-0.05, 0) is 39.8 Å². The smallest absolute Gasteiger partial charge is 0.221 e. The summed E-state index contributed by atoms with van der Waals surface area (Å²) in [6.45, 7) is 15.1. The van der Waals surface area contributed by atoms with Crippen LogP contribution in [0.1, 0.15) is 53.4 Å². The van der Waals surface area contributed by atoms with E-state index in [1.165, 1.54) is 0 Å². The van der Waals surface area contributed by atoms with Crippen LogP contribution >= 0.6 is 0 Å². The van der Waals surface area contributed by atoms with Crippen molar-refractivity contribution in [3.63, 3.8) is 0 Å². The summed E-state index contributed by atoms with van der Waals surface area (Å²) in [4.78, 5) is 28.1.